The maximum absolute atomic E-state index is 14.7. The van der Waals surface area contributed by atoms with Crippen LogP contribution in [0.4, 0.5) is 17.6 Å². The fraction of sp³-hybridized carbons (Fsp3) is 0.273. The number of carbonyl (C=O) groups excluding carboxylic acids is 1. The summed E-state index contributed by atoms with van der Waals surface area (Å²) in [5, 5.41) is 9.72. The fourth-order valence-corrected chi connectivity index (χ4v) is 3.92. The molecule has 2 atom stereocenters. The first kappa shape index (κ1) is 23.7. The van der Waals surface area contributed by atoms with E-state index >= 15 is 0 Å². The monoisotopic (exact) mass is 468 g/mol. The summed E-state index contributed by atoms with van der Waals surface area (Å²) in [6.07, 6.45) is 3.61. The van der Waals surface area contributed by atoms with Gasteiger partial charge in [-0.15, -0.1) is 12.4 Å². The van der Waals surface area contributed by atoms with Gasteiger partial charge in [-0.2, -0.15) is 5.10 Å². The van der Waals surface area contributed by atoms with Crippen LogP contribution in [0.15, 0.2) is 42.7 Å². The molecule has 2 aromatic carbocycles. The van der Waals surface area contributed by atoms with E-state index in [1.807, 2.05) is 0 Å². The van der Waals surface area contributed by atoms with Gasteiger partial charge >= 0.3 is 0 Å². The lowest BCUT2D eigenvalue weighted by Gasteiger charge is -2.33. The van der Waals surface area contributed by atoms with Crippen molar-refractivity contribution in [2.75, 3.05) is 13.1 Å². The Balaban J connectivity index is 0.00000289. The van der Waals surface area contributed by atoms with Gasteiger partial charge in [-0.3, -0.25) is 9.48 Å². The van der Waals surface area contributed by atoms with Gasteiger partial charge in [0.25, 0.3) is 5.91 Å². The second-order valence-electron chi connectivity index (χ2n) is 7.57. The van der Waals surface area contributed by atoms with E-state index in [0.717, 1.165) is 24.3 Å². The van der Waals surface area contributed by atoms with Crippen LogP contribution in [0.2, 0.25) is 0 Å². The summed E-state index contributed by atoms with van der Waals surface area (Å²) < 4.78 is 57.9. The van der Waals surface area contributed by atoms with Crippen molar-refractivity contribution in [3.63, 3.8) is 0 Å². The Morgan fingerprint density at radius 3 is 2.41 bits per heavy atom. The van der Waals surface area contributed by atoms with Crippen LogP contribution in [0.3, 0.4) is 0 Å². The zero-order valence-corrected chi connectivity index (χ0v) is 17.9. The van der Waals surface area contributed by atoms with E-state index < -0.39 is 40.8 Å². The minimum Gasteiger partial charge on any atom is -0.347 e. The summed E-state index contributed by atoms with van der Waals surface area (Å²) in [6.45, 7) is 0.935. The summed E-state index contributed by atoms with van der Waals surface area (Å²) >= 11 is 0. The Bertz CT molecular complexity index is 1110. The molecule has 4 rings (SSSR count). The van der Waals surface area contributed by atoms with E-state index in [-0.39, 0.29) is 23.9 Å². The Morgan fingerprint density at radius 2 is 1.78 bits per heavy atom. The van der Waals surface area contributed by atoms with E-state index in [1.54, 1.807) is 13.2 Å². The van der Waals surface area contributed by atoms with Crippen molar-refractivity contribution in [2.24, 2.45) is 7.05 Å². The molecule has 0 aliphatic carbocycles. The van der Waals surface area contributed by atoms with Gasteiger partial charge in [0.05, 0.1) is 6.20 Å². The third-order valence-corrected chi connectivity index (χ3v) is 5.48. The zero-order valence-electron chi connectivity index (χ0n) is 17.0. The van der Waals surface area contributed by atoms with Crippen LogP contribution in [0.25, 0.3) is 11.1 Å². The molecule has 1 aliphatic rings. The van der Waals surface area contributed by atoms with Crippen LogP contribution >= 0.6 is 12.4 Å². The van der Waals surface area contributed by atoms with Crippen LogP contribution < -0.4 is 10.6 Å². The fourth-order valence-electron chi connectivity index (χ4n) is 3.92. The second-order valence-corrected chi connectivity index (χ2v) is 7.57. The predicted molar refractivity (Wildman–Crippen MR) is 114 cm³/mol. The molecule has 0 saturated carbocycles. The van der Waals surface area contributed by atoms with Gasteiger partial charge in [0.1, 0.15) is 17.2 Å². The highest BCUT2D eigenvalue weighted by Gasteiger charge is 2.30. The highest BCUT2D eigenvalue weighted by Crippen LogP contribution is 2.28. The molecule has 1 aromatic heterocycles. The molecule has 0 bridgehead atoms. The number of nitrogens with one attached hydrogen (secondary N) is 2. The first-order valence-corrected chi connectivity index (χ1v) is 9.78. The van der Waals surface area contributed by atoms with Crippen molar-refractivity contribution in [3.05, 3.63) is 77.1 Å². The Labute approximate surface area is 188 Å². The number of amides is 1. The molecule has 170 valence electrons. The smallest absolute Gasteiger partial charge is 0.257 e. The predicted octanol–water partition coefficient (Wildman–Crippen LogP) is 3.94. The first-order chi connectivity index (χ1) is 14.8. The molecule has 0 spiro atoms. The van der Waals surface area contributed by atoms with Gasteiger partial charge in [-0.25, -0.2) is 17.6 Å². The van der Waals surface area contributed by atoms with Crippen LogP contribution in [0.5, 0.6) is 0 Å². The average molecular weight is 469 g/mol. The molecular formula is C22H21ClF4N4O. The zero-order chi connectivity index (χ0) is 22.1. The summed E-state index contributed by atoms with van der Waals surface area (Å²) in [7, 11) is 1.68. The highest BCUT2D eigenvalue weighted by atomic mass is 35.5. The van der Waals surface area contributed by atoms with Crippen molar-refractivity contribution in [1.29, 1.82) is 0 Å². The number of carbonyl (C=O) groups is 1. The topological polar surface area (TPSA) is 59.0 Å². The molecule has 0 radical (unpaired) electrons. The van der Waals surface area contributed by atoms with Gasteiger partial charge in [0.15, 0.2) is 11.6 Å². The number of aromatic nitrogens is 2. The number of aryl methyl sites for hydroxylation is 1. The number of halogens is 5. The van der Waals surface area contributed by atoms with Gasteiger partial charge in [0, 0.05) is 37.3 Å². The number of hydrogen-bond acceptors (Lipinski definition) is 3. The molecular weight excluding hydrogens is 448 g/mol. The molecule has 5 nitrogen and oxygen atoms in total. The largest absolute Gasteiger partial charge is 0.347 e. The summed E-state index contributed by atoms with van der Waals surface area (Å²) in [4.78, 5) is 12.7. The van der Waals surface area contributed by atoms with Crippen LogP contribution in [-0.4, -0.2) is 34.8 Å². The lowest BCUT2D eigenvalue weighted by Crippen LogP contribution is -2.50. The van der Waals surface area contributed by atoms with Crippen molar-refractivity contribution in [1.82, 2.24) is 20.4 Å². The number of benzene rings is 2. The summed E-state index contributed by atoms with van der Waals surface area (Å²) in [5.41, 5.74) is 0.599. The molecule has 1 saturated heterocycles. The molecule has 1 aliphatic heterocycles. The third kappa shape index (κ3) is 4.78. The summed E-state index contributed by atoms with van der Waals surface area (Å²) in [5.74, 6) is -5.18. The van der Waals surface area contributed by atoms with Gasteiger partial charge in [-0.05, 0) is 48.4 Å². The highest BCUT2D eigenvalue weighted by molar-refractivity contribution is 5.95. The Kier molecular flexibility index (Phi) is 7.20. The minimum atomic E-state index is -0.996. The first-order valence-electron chi connectivity index (χ1n) is 9.78. The van der Waals surface area contributed by atoms with Crippen molar-refractivity contribution >= 4 is 18.3 Å². The number of piperidine rings is 1. The Hall–Kier alpha value is -2.91. The van der Waals surface area contributed by atoms with Crippen molar-refractivity contribution in [3.8, 4) is 11.1 Å². The molecule has 10 heteroatoms. The average Bonchev–Trinajstić information content (AvgIpc) is 3.16. The SMILES string of the molecule is Cl.Cn1cc(-c2cc(F)c(C(=O)N[C@@H]3CNCC[C@H]3c3ccc(F)c(F)c3)c(F)c2)cn1. The van der Waals surface area contributed by atoms with E-state index in [1.165, 1.54) is 16.9 Å². The second kappa shape index (κ2) is 9.70. The van der Waals surface area contributed by atoms with Gasteiger partial charge in [0.2, 0.25) is 0 Å². The maximum Gasteiger partial charge on any atom is 0.257 e. The molecule has 1 amide bonds. The molecule has 1 fully saturated rings. The third-order valence-electron chi connectivity index (χ3n) is 5.48. The number of hydrogen-bond donors (Lipinski definition) is 2. The minimum absolute atomic E-state index is 0. The van der Waals surface area contributed by atoms with E-state index in [4.69, 9.17) is 0 Å². The van der Waals surface area contributed by atoms with Crippen LogP contribution in [0, 0.1) is 23.3 Å². The van der Waals surface area contributed by atoms with Gasteiger partial charge in [-0.1, -0.05) is 6.07 Å². The van der Waals surface area contributed by atoms with Crippen molar-refractivity contribution in [2.45, 2.75) is 18.4 Å². The van der Waals surface area contributed by atoms with Crippen LogP contribution in [0.1, 0.15) is 28.3 Å². The molecule has 32 heavy (non-hydrogen) atoms. The molecule has 2 heterocycles. The van der Waals surface area contributed by atoms with E-state index in [9.17, 15) is 22.4 Å². The number of nitrogens with zero attached hydrogens (tertiary/aromatic N) is 2. The van der Waals surface area contributed by atoms with E-state index in [0.29, 0.717) is 30.6 Å². The Morgan fingerprint density at radius 1 is 1.06 bits per heavy atom. The quantitative estimate of drug-likeness (QED) is 0.570. The van der Waals surface area contributed by atoms with Crippen LogP contribution in [-0.2, 0) is 7.05 Å². The standard InChI is InChI=1S/C22H20F4N4O.ClH/c1-30-11-14(9-28-30)13-7-18(25)21(19(26)8-13)22(31)29-20-10-27-5-4-15(20)12-2-3-16(23)17(24)6-12;/h2-3,6-9,11,15,20,27H,4-5,10H2,1H3,(H,29,31);1H/t15-,20+;/m0./s1. The molecule has 3 aromatic rings. The molecule has 2 N–H and O–H groups in total. The maximum atomic E-state index is 14.7. The van der Waals surface area contributed by atoms with Crippen molar-refractivity contribution < 1.29 is 22.4 Å². The summed E-state index contributed by atoms with van der Waals surface area (Å²) in [6, 6.07) is 5.19. The normalized spacial score (nSPS) is 18.2. The number of rotatable bonds is 4. The lowest BCUT2D eigenvalue weighted by atomic mass is 9.85. The van der Waals surface area contributed by atoms with E-state index in [2.05, 4.69) is 15.7 Å². The molecule has 0 unspecified atom stereocenters. The van der Waals surface area contributed by atoms with Gasteiger partial charge < -0.3 is 10.6 Å². The lowest BCUT2D eigenvalue weighted by molar-refractivity contribution is 0.0916.